The Kier molecular flexibility index (Phi) is 9.85. The van der Waals surface area contributed by atoms with Gasteiger partial charge in [-0.1, -0.05) is 47.5 Å². The molecular formula is C15H32O2. The van der Waals surface area contributed by atoms with Crippen LogP contribution in [0.4, 0.5) is 0 Å². The highest BCUT2D eigenvalue weighted by Gasteiger charge is 2.15. The number of rotatable bonds is 10. The second-order valence-corrected chi connectivity index (χ2v) is 5.98. The fraction of sp³-hybridized carbons (Fsp3) is 1.00. The lowest BCUT2D eigenvalue weighted by atomic mass is 9.90. The van der Waals surface area contributed by atoms with Crippen LogP contribution in [0.15, 0.2) is 0 Å². The molecule has 0 unspecified atom stereocenters. The molecule has 0 aliphatic heterocycles. The van der Waals surface area contributed by atoms with Crippen LogP contribution in [0.1, 0.15) is 73.1 Å². The first-order valence-corrected chi connectivity index (χ1v) is 7.22. The van der Waals surface area contributed by atoms with Gasteiger partial charge in [0.1, 0.15) is 0 Å². The molecule has 0 aliphatic carbocycles. The Balaban J connectivity index is 3.83. The number of ether oxygens (including phenoxy) is 2. The van der Waals surface area contributed by atoms with Crippen molar-refractivity contribution in [2.24, 2.45) is 5.41 Å². The van der Waals surface area contributed by atoms with Gasteiger partial charge in [0.25, 0.3) is 0 Å². The van der Waals surface area contributed by atoms with Crippen LogP contribution in [0.5, 0.6) is 0 Å². The van der Waals surface area contributed by atoms with E-state index in [1.807, 2.05) is 0 Å². The van der Waals surface area contributed by atoms with Crippen LogP contribution < -0.4 is 0 Å². The molecule has 0 aromatic carbocycles. The molecule has 0 aliphatic rings. The first kappa shape index (κ1) is 16.9. The molecule has 0 amide bonds. The van der Waals surface area contributed by atoms with Crippen molar-refractivity contribution in [2.75, 3.05) is 13.2 Å². The van der Waals surface area contributed by atoms with E-state index in [2.05, 4.69) is 34.6 Å². The summed E-state index contributed by atoms with van der Waals surface area (Å²) in [5.41, 5.74) is 0.362. The quantitative estimate of drug-likeness (QED) is 0.407. The molecule has 0 rings (SSSR count). The average molecular weight is 244 g/mol. The van der Waals surface area contributed by atoms with E-state index in [1.165, 1.54) is 12.8 Å². The van der Waals surface area contributed by atoms with Gasteiger partial charge in [0.05, 0.1) is 0 Å². The molecule has 0 aromatic heterocycles. The van der Waals surface area contributed by atoms with E-state index >= 15 is 0 Å². The maximum atomic E-state index is 5.80. The Bertz CT molecular complexity index is 151. The third-order valence-corrected chi connectivity index (χ3v) is 2.73. The molecule has 0 saturated carbocycles. The molecule has 2 nitrogen and oxygen atoms in total. The second-order valence-electron chi connectivity index (χ2n) is 5.98. The zero-order valence-electron chi connectivity index (χ0n) is 12.6. The van der Waals surface area contributed by atoms with Crippen molar-refractivity contribution in [2.45, 2.75) is 79.4 Å². The Morgan fingerprint density at radius 1 is 0.882 bits per heavy atom. The summed E-state index contributed by atoms with van der Waals surface area (Å²) in [4.78, 5) is 0. The molecule has 0 aromatic rings. The van der Waals surface area contributed by atoms with Crippen molar-refractivity contribution < 1.29 is 9.47 Å². The van der Waals surface area contributed by atoms with Crippen LogP contribution in [-0.2, 0) is 9.47 Å². The van der Waals surface area contributed by atoms with Crippen molar-refractivity contribution in [3.05, 3.63) is 0 Å². The summed E-state index contributed by atoms with van der Waals surface area (Å²) in [6.07, 6.45) is 6.79. The van der Waals surface area contributed by atoms with Gasteiger partial charge in [-0.25, -0.2) is 0 Å². The van der Waals surface area contributed by atoms with Gasteiger partial charge in [0.15, 0.2) is 6.29 Å². The SMILES string of the molecule is CCCCOC(CCC(C)(C)C)OCCCC. The Morgan fingerprint density at radius 2 is 1.35 bits per heavy atom. The van der Waals surface area contributed by atoms with E-state index in [4.69, 9.17) is 9.47 Å². The molecule has 0 spiro atoms. The van der Waals surface area contributed by atoms with Gasteiger partial charge >= 0.3 is 0 Å². The Labute approximate surface area is 108 Å². The van der Waals surface area contributed by atoms with Gasteiger partial charge in [0.2, 0.25) is 0 Å². The molecule has 0 atom stereocenters. The highest BCUT2D eigenvalue weighted by Crippen LogP contribution is 2.23. The van der Waals surface area contributed by atoms with Crippen molar-refractivity contribution in [3.63, 3.8) is 0 Å². The molecule has 0 bridgehead atoms. The third kappa shape index (κ3) is 12.2. The summed E-state index contributed by atoms with van der Waals surface area (Å²) in [6, 6.07) is 0. The van der Waals surface area contributed by atoms with E-state index in [9.17, 15) is 0 Å². The monoisotopic (exact) mass is 244 g/mol. The Morgan fingerprint density at radius 3 is 1.71 bits per heavy atom. The van der Waals surface area contributed by atoms with Gasteiger partial charge in [-0.3, -0.25) is 0 Å². The first-order valence-electron chi connectivity index (χ1n) is 7.22. The van der Waals surface area contributed by atoms with Crippen LogP contribution in [0, 0.1) is 5.41 Å². The number of hydrogen-bond acceptors (Lipinski definition) is 2. The average Bonchev–Trinajstić information content (AvgIpc) is 2.24. The lowest BCUT2D eigenvalue weighted by Gasteiger charge is -2.23. The summed E-state index contributed by atoms with van der Waals surface area (Å²) in [5, 5.41) is 0. The Hall–Kier alpha value is -0.0800. The zero-order chi connectivity index (χ0) is 13.1. The minimum atomic E-state index is 0.00678. The summed E-state index contributed by atoms with van der Waals surface area (Å²) in [5.74, 6) is 0. The standard InChI is InChI=1S/C15H32O2/c1-6-8-12-16-14(17-13-9-7-2)10-11-15(3,4)5/h14H,6-13H2,1-5H3. The minimum absolute atomic E-state index is 0.00678. The highest BCUT2D eigenvalue weighted by atomic mass is 16.7. The number of hydrogen-bond donors (Lipinski definition) is 0. The molecular weight excluding hydrogens is 212 g/mol. The predicted octanol–water partition coefficient (Wildman–Crippen LogP) is 4.77. The molecule has 0 saturated heterocycles. The summed E-state index contributed by atoms with van der Waals surface area (Å²) >= 11 is 0. The summed E-state index contributed by atoms with van der Waals surface area (Å²) < 4.78 is 11.6. The molecule has 17 heavy (non-hydrogen) atoms. The van der Waals surface area contributed by atoms with Crippen molar-refractivity contribution >= 4 is 0 Å². The van der Waals surface area contributed by atoms with Gasteiger partial charge in [0, 0.05) is 13.2 Å². The minimum Gasteiger partial charge on any atom is -0.353 e. The smallest absolute Gasteiger partial charge is 0.157 e. The zero-order valence-corrected chi connectivity index (χ0v) is 12.6. The lowest BCUT2D eigenvalue weighted by molar-refractivity contribution is -0.150. The highest BCUT2D eigenvalue weighted by molar-refractivity contribution is 4.62. The topological polar surface area (TPSA) is 18.5 Å². The van der Waals surface area contributed by atoms with Gasteiger partial charge in [-0.15, -0.1) is 0 Å². The molecule has 0 heterocycles. The van der Waals surface area contributed by atoms with Crippen LogP contribution in [-0.4, -0.2) is 19.5 Å². The van der Waals surface area contributed by atoms with E-state index < -0.39 is 0 Å². The third-order valence-electron chi connectivity index (χ3n) is 2.73. The predicted molar refractivity (Wildman–Crippen MR) is 74.2 cm³/mol. The molecule has 2 heteroatoms. The second kappa shape index (κ2) is 9.90. The van der Waals surface area contributed by atoms with Crippen LogP contribution >= 0.6 is 0 Å². The van der Waals surface area contributed by atoms with E-state index in [0.717, 1.165) is 38.9 Å². The molecule has 0 radical (unpaired) electrons. The number of unbranched alkanes of at least 4 members (excludes halogenated alkanes) is 2. The first-order chi connectivity index (χ1) is 7.99. The fourth-order valence-corrected chi connectivity index (χ4v) is 1.48. The van der Waals surface area contributed by atoms with Crippen molar-refractivity contribution in [3.8, 4) is 0 Å². The maximum absolute atomic E-state index is 5.80. The van der Waals surface area contributed by atoms with E-state index in [0.29, 0.717) is 5.41 Å². The van der Waals surface area contributed by atoms with Crippen LogP contribution in [0.3, 0.4) is 0 Å². The fourth-order valence-electron chi connectivity index (χ4n) is 1.48. The summed E-state index contributed by atoms with van der Waals surface area (Å²) in [7, 11) is 0. The molecule has 0 fully saturated rings. The van der Waals surface area contributed by atoms with Gasteiger partial charge in [-0.05, 0) is 31.1 Å². The van der Waals surface area contributed by atoms with E-state index in [1.54, 1.807) is 0 Å². The lowest BCUT2D eigenvalue weighted by Crippen LogP contribution is -2.21. The van der Waals surface area contributed by atoms with Crippen molar-refractivity contribution in [1.82, 2.24) is 0 Å². The molecule has 104 valence electrons. The largest absolute Gasteiger partial charge is 0.353 e. The van der Waals surface area contributed by atoms with Gasteiger partial charge in [-0.2, -0.15) is 0 Å². The van der Waals surface area contributed by atoms with E-state index in [-0.39, 0.29) is 6.29 Å². The van der Waals surface area contributed by atoms with Crippen LogP contribution in [0.2, 0.25) is 0 Å². The normalized spacial score (nSPS) is 12.4. The van der Waals surface area contributed by atoms with Crippen molar-refractivity contribution in [1.29, 1.82) is 0 Å². The van der Waals surface area contributed by atoms with Gasteiger partial charge < -0.3 is 9.47 Å². The molecule has 0 N–H and O–H groups in total. The van der Waals surface area contributed by atoms with Crippen LogP contribution in [0.25, 0.3) is 0 Å². The maximum Gasteiger partial charge on any atom is 0.157 e. The summed E-state index contributed by atoms with van der Waals surface area (Å²) in [6.45, 7) is 12.8.